The summed E-state index contributed by atoms with van der Waals surface area (Å²) >= 11 is 0. The average molecular weight is 425 g/mol. The normalized spacial score (nSPS) is 13.9. The number of aryl methyl sites for hydroxylation is 1. The summed E-state index contributed by atoms with van der Waals surface area (Å²) in [6, 6.07) is 8.12. The van der Waals surface area contributed by atoms with Crippen LogP contribution in [-0.2, 0) is 0 Å². The monoisotopic (exact) mass is 425 g/mol. The predicted octanol–water partition coefficient (Wildman–Crippen LogP) is 3.45. The molecule has 0 unspecified atom stereocenters. The molecular formula is C22H24FN5O3. The molecule has 0 bridgehead atoms. The Bertz CT molecular complexity index is 1120. The number of hydrogen-bond donors (Lipinski definition) is 1. The van der Waals surface area contributed by atoms with Crippen molar-refractivity contribution in [2.75, 3.05) is 50.6 Å². The average Bonchev–Trinajstić information content (AvgIpc) is 2.80. The van der Waals surface area contributed by atoms with E-state index in [-0.39, 0.29) is 11.8 Å². The topological polar surface area (TPSA) is 79.8 Å². The highest BCUT2D eigenvalue weighted by atomic mass is 19.1. The van der Waals surface area contributed by atoms with Crippen LogP contribution in [0.1, 0.15) is 5.56 Å². The number of carbonyl (C=O) groups is 1. The first-order valence-electron chi connectivity index (χ1n) is 9.94. The van der Waals surface area contributed by atoms with Crippen LogP contribution in [0, 0.1) is 12.7 Å². The van der Waals surface area contributed by atoms with Crippen molar-refractivity contribution in [2.24, 2.45) is 0 Å². The molecule has 9 heteroatoms. The molecule has 2 heterocycles. The van der Waals surface area contributed by atoms with E-state index >= 15 is 0 Å². The van der Waals surface area contributed by atoms with Crippen LogP contribution in [0.2, 0.25) is 0 Å². The molecule has 1 aromatic heterocycles. The maximum absolute atomic E-state index is 13.7. The molecule has 1 saturated heterocycles. The lowest BCUT2D eigenvalue weighted by atomic mass is 10.2. The van der Waals surface area contributed by atoms with E-state index in [1.807, 2.05) is 12.1 Å². The van der Waals surface area contributed by atoms with Gasteiger partial charge in [0.25, 0.3) is 0 Å². The van der Waals surface area contributed by atoms with Gasteiger partial charge in [-0.15, -0.1) is 0 Å². The first kappa shape index (κ1) is 20.6. The van der Waals surface area contributed by atoms with Crippen molar-refractivity contribution >= 4 is 28.4 Å². The summed E-state index contributed by atoms with van der Waals surface area (Å²) in [6.45, 7) is 3.92. The Morgan fingerprint density at radius 1 is 1.03 bits per heavy atom. The number of hydrogen-bond acceptors (Lipinski definition) is 6. The largest absolute Gasteiger partial charge is 0.493 e. The molecule has 4 rings (SSSR count). The molecule has 3 aromatic rings. The van der Waals surface area contributed by atoms with Crippen LogP contribution in [0.5, 0.6) is 11.5 Å². The van der Waals surface area contributed by atoms with E-state index in [1.165, 1.54) is 12.4 Å². The molecule has 2 amide bonds. The Hall–Kier alpha value is -3.62. The number of benzene rings is 2. The number of aromatic nitrogens is 2. The van der Waals surface area contributed by atoms with Crippen LogP contribution in [0.4, 0.5) is 20.7 Å². The van der Waals surface area contributed by atoms with Gasteiger partial charge in [-0.05, 0) is 30.7 Å². The number of rotatable bonds is 4. The molecule has 0 saturated carbocycles. The number of nitrogens with one attached hydrogen (secondary N) is 1. The Morgan fingerprint density at radius 2 is 1.74 bits per heavy atom. The second-order valence-corrected chi connectivity index (χ2v) is 7.29. The smallest absolute Gasteiger partial charge is 0.321 e. The maximum atomic E-state index is 13.7. The van der Waals surface area contributed by atoms with E-state index in [9.17, 15) is 9.18 Å². The van der Waals surface area contributed by atoms with Crippen molar-refractivity contribution in [3.05, 3.63) is 48.0 Å². The van der Waals surface area contributed by atoms with Crippen LogP contribution in [0.3, 0.4) is 0 Å². The lowest BCUT2D eigenvalue weighted by Gasteiger charge is -2.35. The van der Waals surface area contributed by atoms with Gasteiger partial charge in [-0.2, -0.15) is 0 Å². The molecule has 1 aliphatic heterocycles. The Morgan fingerprint density at radius 3 is 2.42 bits per heavy atom. The molecule has 0 aliphatic carbocycles. The summed E-state index contributed by atoms with van der Waals surface area (Å²) in [7, 11) is 3.17. The van der Waals surface area contributed by atoms with E-state index in [4.69, 9.17) is 9.47 Å². The van der Waals surface area contributed by atoms with Crippen molar-refractivity contribution < 1.29 is 18.7 Å². The predicted molar refractivity (Wildman–Crippen MR) is 117 cm³/mol. The molecule has 1 N–H and O–H groups in total. The first-order chi connectivity index (χ1) is 15.0. The minimum Gasteiger partial charge on any atom is -0.493 e. The summed E-state index contributed by atoms with van der Waals surface area (Å²) in [6.07, 6.45) is 1.52. The number of urea groups is 1. The van der Waals surface area contributed by atoms with Crippen LogP contribution in [-0.4, -0.2) is 61.3 Å². The third-order valence-corrected chi connectivity index (χ3v) is 5.41. The zero-order chi connectivity index (χ0) is 22.0. The van der Waals surface area contributed by atoms with Gasteiger partial charge in [0.1, 0.15) is 18.0 Å². The van der Waals surface area contributed by atoms with Crippen LogP contribution in [0.25, 0.3) is 10.9 Å². The van der Waals surface area contributed by atoms with Gasteiger partial charge in [0.2, 0.25) is 0 Å². The lowest BCUT2D eigenvalue weighted by Crippen LogP contribution is -2.50. The van der Waals surface area contributed by atoms with Crippen LogP contribution < -0.4 is 19.7 Å². The van der Waals surface area contributed by atoms with E-state index in [0.717, 1.165) is 16.7 Å². The molecule has 2 aromatic carbocycles. The van der Waals surface area contributed by atoms with E-state index in [2.05, 4.69) is 20.2 Å². The SMILES string of the molecule is COc1cc2ncnc(N3CCN(C(=O)Nc4ccc(C)c(F)c4)CC3)c2cc1OC. The fraction of sp³-hybridized carbons (Fsp3) is 0.318. The molecule has 0 spiro atoms. The zero-order valence-corrected chi connectivity index (χ0v) is 17.7. The summed E-state index contributed by atoms with van der Waals surface area (Å²) in [5, 5.41) is 3.62. The van der Waals surface area contributed by atoms with Gasteiger partial charge in [0.15, 0.2) is 11.5 Å². The van der Waals surface area contributed by atoms with E-state index < -0.39 is 0 Å². The fourth-order valence-electron chi connectivity index (χ4n) is 3.62. The third-order valence-electron chi connectivity index (χ3n) is 5.41. The second-order valence-electron chi connectivity index (χ2n) is 7.29. The minimum absolute atomic E-state index is 0.248. The van der Waals surface area contributed by atoms with Gasteiger partial charge in [-0.1, -0.05) is 6.07 Å². The number of halogens is 1. The molecular weight excluding hydrogens is 401 g/mol. The van der Waals surface area contributed by atoms with Crippen molar-refractivity contribution in [1.29, 1.82) is 0 Å². The highest BCUT2D eigenvalue weighted by Crippen LogP contribution is 2.34. The summed E-state index contributed by atoms with van der Waals surface area (Å²) < 4.78 is 24.5. The number of methoxy groups -OCH3 is 2. The number of anilines is 2. The molecule has 1 aliphatic rings. The quantitative estimate of drug-likeness (QED) is 0.690. The van der Waals surface area contributed by atoms with Crippen molar-refractivity contribution in [1.82, 2.24) is 14.9 Å². The Balaban J connectivity index is 1.47. The summed E-state index contributed by atoms with van der Waals surface area (Å²) in [4.78, 5) is 25.2. The number of ether oxygens (including phenoxy) is 2. The highest BCUT2D eigenvalue weighted by Gasteiger charge is 2.24. The van der Waals surface area contributed by atoms with Crippen molar-refractivity contribution in [3.8, 4) is 11.5 Å². The Kier molecular flexibility index (Phi) is 5.75. The van der Waals surface area contributed by atoms with Crippen molar-refractivity contribution in [3.63, 3.8) is 0 Å². The van der Waals surface area contributed by atoms with Gasteiger partial charge >= 0.3 is 6.03 Å². The highest BCUT2D eigenvalue weighted by molar-refractivity contribution is 5.92. The van der Waals surface area contributed by atoms with Gasteiger partial charge in [0.05, 0.1) is 19.7 Å². The van der Waals surface area contributed by atoms with Gasteiger partial charge in [-0.25, -0.2) is 19.2 Å². The van der Waals surface area contributed by atoms with E-state index in [0.29, 0.717) is 48.9 Å². The fourth-order valence-corrected chi connectivity index (χ4v) is 3.62. The summed E-state index contributed by atoms with van der Waals surface area (Å²) in [5.41, 5.74) is 1.74. The van der Waals surface area contributed by atoms with Crippen LogP contribution in [0.15, 0.2) is 36.7 Å². The van der Waals surface area contributed by atoms with Gasteiger partial charge in [-0.3, -0.25) is 0 Å². The zero-order valence-electron chi connectivity index (χ0n) is 17.7. The standard InChI is InChI=1S/C22H24FN5O3/c1-14-4-5-15(10-17(14)23)26-22(29)28-8-6-27(7-9-28)21-16-11-19(30-2)20(31-3)12-18(16)24-13-25-21/h4-5,10-13H,6-9H2,1-3H3,(H,26,29). The molecule has 8 nitrogen and oxygen atoms in total. The number of carbonyl (C=O) groups excluding carboxylic acids is 1. The summed E-state index contributed by atoms with van der Waals surface area (Å²) in [5.74, 6) is 1.65. The van der Waals surface area contributed by atoms with Gasteiger partial charge in [0, 0.05) is 43.3 Å². The molecule has 0 atom stereocenters. The Labute approximate surface area is 179 Å². The number of fused-ring (bicyclic) bond motifs is 1. The molecule has 31 heavy (non-hydrogen) atoms. The minimum atomic E-state index is -0.342. The second kappa shape index (κ2) is 8.63. The maximum Gasteiger partial charge on any atom is 0.321 e. The van der Waals surface area contributed by atoms with E-state index in [1.54, 1.807) is 38.2 Å². The van der Waals surface area contributed by atoms with Crippen LogP contribution >= 0.6 is 0 Å². The number of piperazine rings is 1. The third kappa shape index (κ3) is 4.16. The first-order valence-corrected chi connectivity index (χ1v) is 9.94. The number of nitrogens with zero attached hydrogens (tertiary/aromatic N) is 4. The number of amides is 2. The van der Waals surface area contributed by atoms with Gasteiger partial charge < -0.3 is 24.6 Å². The molecule has 162 valence electrons. The lowest BCUT2D eigenvalue weighted by molar-refractivity contribution is 0.208. The molecule has 1 fully saturated rings. The van der Waals surface area contributed by atoms with Crippen molar-refractivity contribution in [2.45, 2.75) is 6.92 Å². The molecule has 0 radical (unpaired) electrons.